The van der Waals surface area contributed by atoms with E-state index in [2.05, 4.69) is 49.2 Å². The van der Waals surface area contributed by atoms with Crippen molar-refractivity contribution in [3.05, 3.63) is 47.7 Å². The van der Waals surface area contributed by atoms with Crippen molar-refractivity contribution in [3.8, 4) is 0 Å². The van der Waals surface area contributed by atoms with E-state index in [4.69, 9.17) is 0 Å². The van der Waals surface area contributed by atoms with Crippen LogP contribution in [-0.4, -0.2) is 5.71 Å². The van der Waals surface area contributed by atoms with Crippen molar-refractivity contribution in [2.75, 3.05) is 0 Å². The second kappa shape index (κ2) is 4.43. The van der Waals surface area contributed by atoms with Crippen LogP contribution in [0.2, 0.25) is 0 Å². The van der Waals surface area contributed by atoms with Crippen molar-refractivity contribution < 1.29 is 0 Å². The van der Waals surface area contributed by atoms with E-state index in [1.165, 1.54) is 16.8 Å². The Bertz CT molecular complexity index is 382. The third kappa shape index (κ3) is 2.35. The Morgan fingerprint density at radius 2 is 1.87 bits per heavy atom. The summed E-state index contributed by atoms with van der Waals surface area (Å²) in [5.41, 5.74) is 3.88. The van der Waals surface area contributed by atoms with E-state index in [0.29, 0.717) is 5.92 Å². The number of hydrogen-bond acceptors (Lipinski definition) is 1. The molecule has 0 saturated heterocycles. The molecular weight excluding hydrogens is 182 g/mol. The van der Waals surface area contributed by atoms with Gasteiger partial charge in [0.15, 0.2) is 0 Å². The molecule has 0 amide bonds. The molecule has 0 radical (unpaired) electrons. The van der Waals surface area contributed by atoms with Gasteiger partial charge in [0.2, 0.25) is 0 Å². The predicted molar refractivity (Wildman–Crippen MR) is 65.4 cm³/mol. The second-order valence-corrected chi connectivity index (χ2v) is 4.28. The fraction of sp³-hybridized carbons (Fsp3) is 0.357. The first-order valence-corrected chi connectivity index (χ1v) is 5.59. The van der Waals surface area contributed by atoms with Gasteiger partial charge in [0.05, 0.1) is 0 Å². The van der Waals surface area contributed by atoms with Crippen LogP contribution in [0.4, 0.5) is 0 Å². The summed E-state index contributed by atoms with van der Waals surface area (Å²) in [6.45, 7) is 4.44. The average molecular weight is 199 g/mol. The number of aliphatic imine (C=N–C) groups is 1. The molecule has 1 aliphatic rings. The normalized spacial score (nSPS) is 15.5. The molecule has 0 bridgehead atoms. The highest BCUT2D eigenvalue weighted by molar-refractivity contribution is 6.01. The molecule has 0 N–H and O–H groups in total. The standard InChI is InChI=1S/C14H17N/c1-11(2)12-6-8-13(9-7-12)14-5-3-4-10-15-14/h4,6-11H,3,5H2,1-2H3. The van der Waals surface area contributed by atoms with E-state index in [1.807, 2.05) is 6.20 Å². The highest BCUT2D eigenvalue weighted by Gasteiger charge is 2.05. The van der Waals surface area contributed by atoms with Gasteiger partial charge in [-0.25, -0.2) is 0 Å². The van der Waals surface area contributed by atoms with Gasteiger partial charge in [-0.1, -0.05) is 44.2 Å². The zero-order valence-electron chi connectivity index (χ0n) is 9.40. The Morgan fingerprint density at radius 1 is 1.13 bits per heavy atom. The third-order valence-electron chi connectivity index (χ3n) is 2.79. The van der Waals surface area contributed by atoms with Crippen molar-refractivity contribution in [2.45, 2.75) is 32.6 Å². The molecule has 0 aliphatic carbocycles. The van der Waals surface area contributed by atoms with E-state index < -0.39 is 0 Å². The van der Waals surface area contributed by atoms with Crippen LogP contribution in [0.15, 0.2) is 41.5 Å². The minimum atomic E-state index is 0.604. The van der Waals surface area contributed by atoms with Gasteiger partial charge in [0, 0.05) is 11.9 Å². The summed E-state index contributed by atoms with van der Waals surface area (Å²) >= 11 is 0. The lowest BCUT2D eigenvalue weighted by molar-refractivity contribution is 0.866. The van der Waals surface area contributed by atoms with Crippen LogP contribution in [0, 0.1) is 0 Å². The summed E-state index contributed by atoms with van der Waals surface area (Å²) in [7, 11) is 0. The lowest BCUT2D eigenvalue weighted by Gasteiger charge is -2.10. The molecule has 0 unspecified atom stereocenters. The smallest absolute Gasteiger partial charge is 0.0478 e. The molecule has 1 heteroatoms. The number of allylic oxidation sites excluding steroid dienone is 1. The van der Waals surface area contributed by atoms with Crippen molar-refractivity contribution in [2.24, 2.45) is 4.99 Å². The molecule has 0 atom stereocenters. The number of benzene rings is 1. The van der Waals surface area contributed by atoms with Crippen molar-refractivity contribution >= 4 is 5.71 Å². The van der Waals surface area contributed by atoms with Gasteiger partial charge in [-0.05, 0) is 29.9 Å². The summed E-state index contributed by atoms with van der Waals surface area (Å²) in [5, 5.41) is 0. The van der Waals surface area contributed by atoms with Crippen LogP contribution in [0.3, 0.4) is 0 Å². The molecule has 78 valence electrons. The van der Waals surface area contributed by atoms with E-state index in [0.717, 1.165) is 12.8 Å². The Hall–Kier alpha value is -1.37. The monoisotopic (exact) mass is 199 g/mol. The summed E-state index contributed by atoms with van der Waals surface area (Å²) in [4.78, 5) is 4.41. The number of hydrogen-bond donors (Lipinski definition) is 0. The van der Waals surface area contributed by atoms with Crippen molar-refractivity contribution in [1.29, 1.82) is 0 Å². The Morgan fingerprint density at radius 3 is 2.40 bits per heavy atom. The van der Waals surface area contributed by atoms with Crippen molar-refractivity contribution in [3.63, 3.8) is 0 Å². The third-order valence-corrected chi connectivity index (χ3v) is 2.79. The maximum absolute atomic E-state index is 4.41. The van der Waals surface area contributed by atoms with Gasteiger partial charge in [-0.2, -0.15) is 0 Å². The molecule has 1 aromatic carbocycles. The maximum Gasteiger partial charge on any atom is 0.0478 e. The van der Waals surface area contributed by atoms with Crippen molar-refractivity contribution in [1.82, 2.24) is 0 Å². The molecule has 0 saturated carbocycles. The van der Waals surface area contributed by atoms with E-state index in [-0.39, 0.29) is 0 Å². The van der Waals surface area contributed by atoms with Crippen LogP contribution in [0.5, 0.6) is 0 Å². The topological polar surface area (TPSA) is 12.4 Å². The molecule has 0 fully saturated rings. The van der Waals surface area contributed by atoms with Gasteiger partial charge in [-0.15, -0.1) is 0 Å². The lowest BCUT2D eigenvalue weighted by Crippen LogP contribution is -2.02. The Balaban J connectivity index is 2.23. The SMILES string of the molecule is CC(C)c1ccc(C2=NC=CCC2)cc1. The van der Waals surface area contributed by atoms with E-state index in [1.54, 1.807) is 0 Å². The van der Waals surface area contributed by atoms with Gasteiger partial charge in [-0.3, -0.25) is 4.99 Å². The largest absolute Gasteiger partial charge is 0.261 e. The maximum atomic E-state index is 4.41. The van der Waals surface area contributed by atoms with Gasteiger partial charge >= 0.3 is 0 Å². The summed E-state index contributed by atoms with van der Waals surface area (Å²) in [6, 6.07) is 8.79. The molecule has 1 heterocycles. The number of rotatable bonds is 2. The van der Waals surface area contributed by atoms with Crippen LogP contribution in [-0.2, 0) is 0 Å². The number of nitrogens with zero attached hydrogens (tertiary/aromatic N) is 1. The first kappa shape index (κ1) is 10.2. The molecule has 2 rings (SSSR count). The van der Waals surface area contributed by atoms with Gasteiger partial charge in [0.1, 0.15) is 0 Å². The molecule has 1 aromatic rings. The summed E-state index contributed by atoms with van der Waals surface area (Å²) < 4.78 is 0. The van der Waals surface area contributed by atoms with E-state index >= 15 is 0 Å². The average Bonchev–Trinajstić information content (AvgIpc) is 2.30. The molecule has 1 aliphatic heterocycles. The molecular formula is C14H17N. The fourth-order valence-corrected chi connectivity index (χ4v) is 1.78. The highest BCUT2D eigenvalue weighted by Crippen LogP contribution is 2.17. The zero-order valence-corrected chi connectivity index (χ0v) is 9.40. The molecule has 1 nitrogen and oxygen atoms in total. The van der Waals surface area contributed by atoms with Crippen LogP contribution in [0.25, 0.3) is 0 Å². The Kier molecular flexibility index (Phi) is 3.00. The molecule has 0 spiro atoms. The first-order chi connectivity index (χ1) is 7.27. The van der Waals surface area contributed by atoms with Crippen LogP contribution in [0.1, 0.15) is 43.7 Å². The van der Waals surface area contributed by atoms with E-state index in [9.17, 15) is 0 Å². The van der Waals surface area contributed by atoms with Gasteiger partial charge < -0.3 is 0 Å². The molecule has 0 aromatic heterocycles. The highest BCUT2D eigenvalue weighted by atomic mass is 14.7. The molecule has 15 heavy (non-hydrogen) atoms. The zero-order chi connectivity index (χ0) is 10.7. The summed E-state index contributed by atoms with van der Waals surface area (Å²) in [5.74, 6) is 0.604. The van der Waals surface area contributed by atoms with Gasteiger partial charge in [0.25, 0.3) is 0 Å². The van der Waals surface area contributed by atoms with Crippen LogP contribution >= 0.6 is 0 Å². The minimum Gasteiger partial charge on any atom is -0.261 e. The minimum absolute atomic E-state index is 0.604. The predicted octanol–water partition coefficient (Wildman–Crippen LogP) is 3.91. The van der Waals surface area contributed by atoms with Crippen LogP contribution < -0.4 is 0 Å². The first-order valence-electron chi connectivity index (χ1n) is 5.59. The quantitative estimate of drug-likeness (QED) is 0.685. The lowest BCUT2D eigenvalue weighted by atomic mass is 9.98. The Labute approximate surface area is 91.6 Å². The second-order valence-electron chi connectivity index (χ2n) is 4.28. The fourth-order valence-electron chi connectivity index (χ4n) is 1.78. The summed E-state index contributed by atoms with van der Waals surface area (Å²) in [6.07, 6.45) is 6.21.